The van der Waals surface area contributed by atoms with Crippen molar-refractivity contribution in [3.63, 3.8) is 0 Å². The van der Waals surface area contributed by atoms with Gasteiger partial charge in [-0.3, -0.25) is 0 Å². The third kappa shape index (κ3) is 4.90. The average molecular weight is 525 g/mol. The highest BCUT2D eigenvalue weighted by Gasteiger charge is 2.37. The van der Waals surface area contributed by atoms with Gasteiger partial charge in [0, 0.05) is 44.9 Å². The van der Waals surface area contributed by atoms with Crippen molar-refractivity contribution in [1.82, 2.24) is 34.6 Å². The third-order valence-corrected chi connectivity index (χ3v) is 5.80. The van der Waals surface area contributed by atoms with E-state index in [1.807, 2.05) is 0 Å². The van der Waals surface area contributed by atoms with Gasteiger partial charge in [0.05, 0.1) is 12.2 Å². The zero-order valence-electron chi connectivity index (χ0n) is 18.8. The number of nitrogens with zero attached hydrogens (tertiary/aromatic N) is 9. The minimum absolute atomic E-state index is 0.0277. The second-order valence-corrected chi connectivity index (χ2v) is 8.21. The quantitative estimate of drug-likeness (QED) is 0.488. The molecule has 0 bridgehead atoms. The Kier molecular flexibility index (Phi) is 6.16. The van der Waals surface area contributed by atoms with Crippen molar-refractivity contribution in [2.75, 3.05) is 31.1 Å². The van der Waals surface area contributed by atoms with Crippen molar-refractivity contribution in [2.24, 2.45) is 5.10 Å². The summed E-state index contributed by atoms with van der Waals surface area (Å²) < 4.78 is 80.6. The summed E-state index contributed by atoms with van der Waals surface area (Å²) in [5.74, 6) is -4.45. The van der Waals surface area contributed by atoms with E-state index in [1.54, 1.807) is 4.90 Å². The van der Waals surface area contributed by atoms with Gasteiger partial charge in [0.1, 0.15) is 18.0 Å². The molecule has 2 aliphatic heterocycles. The van der Waals surface area contributed by atoms with Gasteiger partial charge < -0.3 is 9.80 Å². The summed E-state index contributed by atoms with van der Waals surface area (Å²) in [7, 11) is 0. The Labute approximate surface area is 204 Å². The minimum Gasteiger partial charge on any atom is -0.337 e. The number of alkyl halides is 3. The van der Waals surface area contributed by atoms with E-state index < -0.39 is 47.3 Å². The SMILES string of the molecule is O=C(N1CCN(c2ncc(F)c(-n3cnc(C(F)(F)F)n3)n2)CC1)N1N=CCC1c1cc(F)cc(F)c1. The number of piperazine rings is 1. The highest BCUT2D eigenvalue weighted by Crippen LogP contribution is 2.31. The number of benzene rings is 1. The fourth-order valence-corrected chi connectivity index (χ4v) is 4.04. The van der Waals surface area contributed by atoms with Crippen molar-refractivity contribution in [1.29, 1.82) is 0 Å². The molecule has 1 fully saturated rings. The predicted octanol–water partition coefficient (Wildman–Crippen LogP) is 3.17. The lowest BCUT2D eigenvalue weighted by atomic mass is 10.0. The molecule has 1 atom stereocenters. The van der Waals surface area contributed by atoms with E-state index in [2.05, 4.69) is 25.2 Å². The number of aromatic nitrogens is 5. The van der Waals surface area contributed by atoms with Crippen LogP contribution in [0.4, 0.5) is 37.1 Å². The third-order valence-electron chi connectivity index (χ3n) is 5.80. The largest absolute Gasteiger partial charge is 0.453 e. The maximum Gasteiger partial charge on any atom is 0.453 e. The second-order valence-electron chi connectivity index (χ2n) is 8.21. The monoisotopic (exact) mass is 525 g/mol. The maximum atomic E-state index is 14.3. The lowest BCUT2D eigenvalue weighted by molar-refractivity contribution is -0.144. The van der Waals surface area contributed by atoms with Gasteiger partial charge in [-0.25, -0.2) is 32.9 Å². The van der Waals surface area contributed by atoms with Crippen LogP contribution in [-0.2, 0) is 6.18 Å². The van der Waals surface area contributed by atoms with E-state index in [9.17, 15) is 31.1 Å². The van der Waals surface area contributed by atoms with E-state index in [4.69, 9.17) is 0 Å². The molecule has 2 amide bonds. The van der Waals surface area contributed by atoms with E-state index in [0.717, 1.165) is 24.4 Å². The molecule has 4 heterocycles. The highest BCUT2D eigenvalue weighted by atomic mass is 19.4. The minimum atomic E-state index is -4.80. The van der Waals surface area contributed by atoms with Gasteiger partial charge in [-0.05, 0) is 17.7 Å². The number of hydrazone groups is 1. The molecular weight excluding hydrogens is 508 g/mol. The Bertz CT molecular complexity index is 1330. The van der Waals surface area contributed by atoms with E-state index >= 15 is 0 Å². The fraction of sp³-hybridized carbons (Fsp3) is 0.333. The number of halogens is 6. The van der Waals surface area contributed by atoms with Crippen LogP contribution in [0.3, 0.4) is 0 Å². The van der Waals surface area contributed by atoms with Crippen molar-refractivity contribution >= 4 is 18.2 Å². The molecule has 194 valence electrons. The van der Waals surface area contributed by atoms with Gasteiger partial charge in [0.2, 0.25) is 5.95 Å². The van der Waals surface area contributed by atoms with Crippen molar-refractivity contribution in [2.45, 2.75) is 18.6 Å². The summed E-state index contributed by atoms with van der Waals surface area (Å²) in [5, 5.41) is 8.48. The summed E-state index contributed by atoms with van der Waals surface area (Å²) in [4.78, 5) is 27.3. The van der Waals surface area contributed by atoms with E-state index in [-0.39, 0.29) is 37.7 Å². The summed E-state index contributed by atoms with van der Waals surface area (Å²) >= 11 is 0. The average Bonchev–Trinajstić information content (AvgIpc) is 3.54. The van der Waals surface area contributed by atoms with Gasteiger partial charge in [-0.2, -0.15) is 27.9 Å². The molecule has 0 saturated carbocycles. The van der Waals surface area contributed by atoms with Crippen LogP contribution in [-0.4, -0.2) is 73.1 Å². The molecule has 5 rings (SSSR count). The number of hydrogen-bond donors (Lipinski definition) is 0. The van der Waals surface area contributed by atoms with Crippen LogP contribution < -0.4 is 4.90 Å². The number of carbonyl (C=O) groups excluding carboxylic acids is 1. The van der Waals surface area contributed by atoms with Crippen molar-refractivity contribution in [3.05, 3.63) is 59.6 Å². The van der Waals surface area contributed by atoms with Gasteiger partial charge >= 0.3 is 12.2 Å². The summed E-state index contributed by atoms with van der Waals surface area (Å²) in [6.45, 7) is 0.816. The first-order chi connectivity index (χ1) is 17.6. The smallest absolute Gasteiger partial charge is 0.337 e. The van der Waals surface area contributed by atoms with E-state index in [1.165, 1.54) is 16.1 Å². The first kappa shape index (κ1) is 24.5. The normalized spacial score (nSPS) is 18.1. The first-order valence-corrected chi connectivity index (χ1v) is 10.9. The lowest BCUT2D eigenvalue weighted by Crippen LogP contribution is -2.52. The number of urea groups is 1. The Hall–Kier alpha value is -4.24. The summed E-state index contributed by atoms with van der Waals surface area (Å²) in [6.07, 6.45) is -1.51. The molecule has 0 spiro atoms. The van der Waals surface area contributed by atoms with Gasteiger partial charge in [-0.15, -0.1) is 5.10 Å². The Morgan fingerprint density at radius 1 is 0.973 bits per heavy atom. The van der Waals surface area contributed by atoms with Crippen LogP contribution in [0, 0.1) is 17.5 Å². The molecular formula is C21H17F6N9O. The number of hydrogen-bond acceptors (Lipinski definition) is 7. The van der Waals surface area contributed by atoms with Gasteiger partial charge in [-0.1, -0.05) is 0 Å². The zero-order valence-corrected chi connectivity index (χ0v) is 18.8. The van der Waals surface area contributed by atoms with E-state index in [0.29, 0.717) is 17.4 Å². The number of amides is 2. The lowest BCUT2D eigenvalue weighted by Gasteiger charge is -2.37. The molecule has 37 heavy (non-hydrogen) atoms. The van der Waals surface area contributed by atoms with Crippen LogP contribution >= 0.6 is 0 Å². The molecule has 0 N–H and O–H groups in total. The topological polar surface area (TPSA) is 95.6 Å². The molecule has 16 heteroatoms. The molecule has 1 saturated heterocycles. The number of rotatable bonds is 3. The Morgan fingerprint density at radius 2 is 1.68 bits per heavy atom. The first-order valence-electron chi connectivity index (χ1n) is 10.9. The summed E-state index contributed by atoms with van der Waals surface area (Å²) in [6, 6.07) is 1.91. The molecule has 2 aliphatic rings. The Balaban J connectivity index is 1.27. The predicted molar refractivity (Wildman–Crippen MR) is 115 cm³/mol. The zero-order chi connectivity index (χ0) is 26.3. The van der Waals surface area contributed by atoms with Crippen LogP contribution in [0.5, 0.6) is 0 Å². The van der Waals surface area contributed by atoms with Crippen LogP contribution in [0.25, 0.3) is 5.82 Å². The molecule has 3 aromatic rings. The van der Waals surface area contributed by atoms with Crippen molar-refractivity contribution < 1.29 is 31.1 Å². The molecule has 10 nitrogen and oxygen atoms in total. The molecule has 2 aromatic heterocycles. The molecule has 1 aromatic carbocycles. The standard InChI is InChI=1S/C21H17F6N9O/c22-13-7-12(8-14(23)9-13)16-1-2-30-36(16)20(37)34-5-3-33(4-6-34)19-28-10-15(24)17(31-19)35-11-29-18(32-35)21(25,26)27/h2,7-11,16H,1,3-6H2. The summed E-state index contributed by atoms with van der Waals surface area (Å²) in [5.41, 5.74) is 0.274. The molecule has 1 unspecified atom stereocenters. The fourth-order valence-electron chi connectivity index (χ4n) is 4.04. The molecule has 0 radical (unpaired) electrons. The van der Waals surface area contributed by atoms with Crippen LogP contribution in [0.15, 0.2) is 35.8 Å². The van der Waals surface area contributed by atoms with Gasteiger partial charge in [0.15, 0.2) is 11.6 Å². The maximum absolute atomic E-state index is 14.3. The second kappa shape index (κ2) is 9.33. The van der Waals surface area contributed by atoms with Crippen molar-refractivity contribution in [3.8, 4) is 5.82 Å². The van der Waals surface area contributed by atoms with Crippen LogP contribution in [0.2, 0.25) is 0 Å². The van der Waals surface area contributed by atoms with Gasteiger partial charge in [0.25, 0.3) is 5.82 Å². The highest BCUT2D eigenvalue weighted by molar-refractivity contribution is 5.78. The Morgan fingerprint density at radius 3 is 2.32 bits per heavy atom. The number of carbonyl (C=O) groups is 1. The number of anilines is 1. The van der Waals surface area contributed by atoms with Crippen LogP contribution in [0.1, 0.15) is 23.9 Å². The molecule has 0 aliphatic carbocycles.